The summed E-state index contributed by atoms with van der Waals surface area (Å²) in [6, 6.07) is 0. The molecule has 2 aliphatic heterocycles. The first kappa shape index (κ1) is 8.90. The fraction of sp³-hybridized carbons (Fsp3) is 0.727. The van der Waals surface area contributed by atoms with Crippen LogP contribution in [0.25, 0.3) is 0 Å². The molecule has 4 atom stereocenters. The van der Waals surface area contributed by atoms with Crippen molar-refractivity contribution in [3.63, 3.8) is 0 Å². The van der Waals surface area contributed by atoms with E-state index >= 15 is 0 Å². The van der Waals surface area contributed by atoms with Crippen molar-refractivity contribution in [3.05, 3.63) is 10.6 Å². The molecule has 3 aliphatic carbocycles. The Kier molecular flexibility index (Phi) is 1.42. The van der Waals surface area contributed by atoms with Gasteiger partial charge in [-0.2, -0.15) is 0 Å². The molecule has 0 N–H and O–H groups in total. The number of carbonyl (C=O) groups is 1. The van der Waals surface area contributed by atoms with Gasteiger partial charge in [0.25, 0.3) is 0 Å². The molecule has 5 rings (SSSR count). The van der Waals surface area contributed by atoms with E-state index in [1.807, 2.05) is 0 Å². The number of hydrogen-bond donors (Lipinski definition) is 0. The Balaban J connectivity index is 1.95. The Morgan fingerprint density at radius 1 is 1.47 bits per heavy atom. The van der Waals surface area contributed by atoms with Gasteiger partial charge < -0.3 is 9.47 Å². The Labute approximate surface area is 95.9 Å². The van der Waals surface area contributed by atoms with Crippen molar-refractivity contribution in [1.29, 1.82) is 0 Å². The quantitative estimate of drug-likeness (QED) is 0.623. The van der Waals surface area contributed by atoms with E-state index < -0.39 is 5.60 Å². The van der Waals surface area contributed by atoms with E-state index in [1.54, 1.807) is 0 Å². The third-order valence-electron chi connectivity index (χ3n) is 4.46. The molecule has 2 saturated heterocycles. The molecule has 15 heavy (non-hydrogen) atoms. The van der Waals surface area contributed by atoms with E-state index in [9.17, 15) is 4.79 Å². The molecule has 5 aliphatic rings. The molecule has 0 aromatic rings. The van der Waals surface area contributed by atoms with E-state index in [1.165, 1.54) is 0 Å². The largest absolute Gasteiger partial charge is 0.380 e. The van der Waals surface area contributed by atoms with Crippen LogP contribution in [0.5, 0.6) is 0 Å². The SMILES string of the molecule is O=C1[C@@]23C=C(Br)[C@H](C[C@@H]2COC3)[C@@]12CO2. The summed E-state index contributed by atoms with van der Waals surface area (Å²) in [5, 5.41) is 0. The second kappa shape index (κ2) is 2.39. The monoisotopic (exact) mass is 270 g/mol. The van der Waals surface area contributed by atoms with E-state index in [2.05, 4.69) is 22.0 Å². The van der Waals surface area contributed by atoms with E-state index in [0.717, 1.165) is 17.5 Å². The Morgan fingerprint density at radius 3 is 3.00 bits per heavy atom. The van der Waals surface area contributed by atoms with Gasteiger partial charge in [-0.25, -0.2) is 0 Å². The topological polar surface area (TPSA) is 38.8 Å². The summed E-state index contributed by atoms with van der Waals surface area (Å²) < 4.78 is 12.1. The van der Waals surface area contributed by atoms with Crippen molar-refractivity contribution in [1.82, 2.24) is 0 Å². The van der Waals surface area contributed by atoms with Crippen LogP contribution in [0.15, 0.2) is 10.6 Å². The van der Waals surface area contributed by atoms with Gasteiger partial charge in [0.05, 0.1) is 25.2 Å². The lowest BCUT2D eigenvalue weighted by atomic mass is 9.55. The van der Waals surface area contributed by atoms with E-state index in [4.69, 9.17) is 9.47 Å². The Morgan fingerprint density at radius 2 is 2.27 bits per heavy atom. The fourth-order valence-corrected chi connectivity index (χ4v) is 4.48. The van der Waals surface area contributed by atoms with Crippen molar-refractivity contribution < 1.29 is 14.3 Å². The third kappa shape index (κ3) is 0.808. The van der Waals surface area contributed by atoms with Gasteiger partial charge in [0, 0.05) is 11.8 Å². The number of ketones is 1. The number of Topliss-reactive ketones (excluding diaryl/α,β-unsaturated/α-hetero) is 1. The minimum atomic E-state index is -0.474. The van der Waals surface area contributed by atoms with Crippen LogP contribution in [0.4, 0.5) is 0 Å². The molecule has 0 aromatic carbocycles. The summed E-state index contributed by atoms with van der Waals surface area (Å²) in [5.41, 5.74) is -0.845. The summed E-state index contributed by atoms with van der Waals surface area (Å²) in [6.07, 6.45) is 3.12. The number of epoxide rings is 1. The fourth-order valence-electron chi connectivity index (χ4n) is 3.51. The van der Waals surface area contributed by atoms with Gasteiger partial charge in [-0.1, -0.05) is 22.0 Å². The van der Waals surface area contributed by atoms with E-state index in [-0.39, 0.29) is 17.1 Å². The zero-order valence-electron chi connectivity index (χ0n) is 8.16. The lowest BCUT2D eigenvalue weighted by molar-refractivity contribution is -0.140. The van der Waals surface area contributed by atoms with Gasteiger partial charge in [0.15, 0.2) is 11.4 Å². The average molecular weight is 271 g/mol. The molecule has 2 bridgehead atoms. The van der Waals surface area contributed by atoms with Gasteiger partial charge in [-0.3, -0.25) is 4.79 Å². The standard InChI is InChI=1S/C11H11BrO3/c12-8-2-10-4-14-3-6(10)1-7(8)11(5-15-11)9(10)13/h2,6-7H,1,3-5H2/t6-,7+,10-,11+/m1/s1. The molecule has 0 aromatic heterocycles. The Bertz CT molecular complexity index is 399. The van der Waals surface area contributed by atoms with Gasteiger partial charge >= 0.3 is 0 Å². The second-order valence-corrected chi connectivity index (χ2v) is 5.99. The van der Waals surface area contributed by atoms with Crippen molar-refractivity contribution in [2.75, 3.05) is 19.8 Å². The molecular formula is C11H11BrO3. The highest BCUT2D eigenvalue weighted by atomic mass is 79.9. The third-order valence-corrected chi connectivity index (χ3v) is 5.24. The number of halogens is 1. The minimum Gasteiger partial charge on any atom is -0.380 e. The number of hydrogen-bond acceptors (Lipinski definition) is 3. The molecule has 0 radical (unpaired) electrons. The van der Waals surface area contributed by atoms with Gasteiger partial charge in [0.2, 0.25) is 0 Å². The van der Waals surface area contributed by atoms with Crippen LogP contribution in [0, 0.1) is 17.3 Å². The molecule has 3 fully saturated rings. The highest BCUT2D eigenvalue weighted by Gasteiger charge is 2.72. The van der Waals surface area contributed by atoms with Crippen LogP contribution >= 0.6 is 15.9 Å². The molecule has 2 spiro atoms. The summed E-state index contributed by atoms with van der Waals surface area (Å²) in [4.78, 5) is 12.4. The predicted octanol–water partition coefficient (Wildman–Crippen LogP) is 1.27. The second-order valence-electron chi connectivity index (χ2n) is 5.08. The van der Waals surface area contributed by atoms with Crippen LogP contribution in [-0.2, 0) is 14.3 Å². The van der Waals surface area contributed by atoms with Crippen LogP contribution in [0.1, 0.15) is 6.42 Å². The summed E-state index contributed by atoms with van der Waals surface area (Å²) >= 11 is 3.59. The first-order valence-corrected chi connectivity index (χ1v) is 6.13. The molecule has 80 valence electrons. The molecule has 2 heterocycles. The summed E-state index contributed by atoms with van der Waals surface area (Å²) in [6.45, 7) is 1.88. The summed E-state index contributed by atoms with van der Waals surface area (Å²) in [7, 11) is 0. The van der Waals surface area contributed by atoms with Crippen LogP contribution in [-0.4, -0.2) is 31.2 Å². The van der Waals surface area contributed by atoms with Crippen molar-refractivity contribution in [2.45, 2.75) is 12.0 Å². The lowest BCUT2D eigenvalue weighted by Crippen LogP contribution is -2.57. The molecule has 1 saturated carbocycles. The van der Waals surface area contributed by atoms with Crippen LogP contribution in [0.2, 0.25) is 0 Å². The maximum Gasteiger partial charge on any atom is 0.180 e. The molecule has 0 amide bonds. The highest BCUT2D eigenvalue weighted by molar-refractivity contribution is 9.11. The lowest BCUT2D eigenvalue weighted by Gasteiger charge is -2.46. The maximum absolute atomic E-state index is 12.4. The molecular weight excluding hydrogens is 260 g/mol. The minimum absolute atomic E-state index is 0.249. The van der Waals surface area contributed by atoms with Gasteiger partial charge in [-0.15, -0.1) is 0 Å². The van der Waals surface area contributed by atoms with Gasteiger partial charge in [-0.05, 0) is 10.9 Å². The molecule has 3 nitrogen and oxygen atoms in total. The van der Waals surface area contributed by atoms with Crippen LogP contribution < -0.4 is 0 Å². The van der Waals surface area contributed by atoms with Crippen molar-refractivity contribution >= 4 is 21.7 Å². The first-order valence-electron chi connectivity index (χ1n) is 5.34. The van der Waals surface area contributed by atoms with Crippen molar-refractivity contribution in [3.8, 4) is 0 Å². The van der Waals surface area contributed by atoms with Gasteiger partial charge in [0.1, 0.15) is 0 Å². The summed E-state index contributed by atoms with van der Waals surface area (Å²) in [5.74, 6) is 0.904. The molecule has 0 unspecified atom stereocenters. The zero-order valence-corrected chi connectivity index (χ0v) is 9.75. The normalized spacial score (nSPS) is 55.8. The first-order chi connectivity index (χ1) is 7.19. The zero-order chi connectivity index (χ0) is 10.3. The van der Waals surface area contributed by atoms with Crippen LogP contribution in [0.3, 0.4) is 0 Å². The highest BCUT2D eigenvalue weighted by Crippen LogP contribution is 2.62. The number of ether oxygens (including phenoxy) is 2. The Hall–Kier alpha value is -0.190. The smallest absolute Gasteiger partial charge is 0.180 e. The van der Waals surface area contributed by atoms with Crippen molar-refractivity contribution in [2.24, 2.45) is 17.3 Å². The maximum atomic E-state index is 12.4. The molecule has 4 heteroatoms. The predicted molar refractivity (Wildman–Crippen MR) is 55.5 cm³/mol. The number of rotatable bonds is 0. The average Bonchev–Trinajstić information content (AvgIpc) is 2.88. The number of carbonyl (C=O) groups excluding carboxylic acids is 1. The van der Waals surface area contributed by atoms with E-state index in [0.29, 0.717) is 19.1 Å².